The van der Waals surface area contributed by atoms with Gasteiger partial charge in [-0.15, -0.1) is 0 Å². The molecule has 0 aliphatic rings. The van der Waals surface area contributed by atoms with E-state index in [4.69, 9.17) is 25.9 Å². The fourth-order valence-corrected chi connectivity index (χ4v) is 4.58. The molecule has 186 valence electrons. The summed E-state index contributed by atoms with van der Waals surface area (Å²) in [4.78, 5) is 9.17. The second-order valence-corrected chi connectivity index (χ2v) is 9.08. The molecule has 2 N–H and O–H groups in total. The molecule has 0 atom stereocenters. The Morgan fingerprint density at radius 3 is 2.38 bits per heavy atom. The number of oxazole rings is 1. The van der Waals surface area contributed by atoms with Gasteiger partial charge in [0.25, 0.3) is 0 Å². The number of rotatable bonds is 10. The lowest BCUT2D eigenvalue weighted by molar-refractivity contribution is 0.201. The number of aliphatic hydroxyl groups is 1. The number of nitriles is 2. The van der Waals surface area contributed by atoms with E-state index in [9.17, 15) is 10.5 Å². The van der Waals surface area contributed by atoms with Crippen LogP contribution in [-0.4, -0.2) is 34.8 Å². The van der Waals surface area contributed by atoms with Crippen LogP contribution >= 0.6 is 23.4 Å². The first-order valence-corrected chi connectivity index (χ1v) is 12.7. The predicted molar refractivity (Wildman–Crippen MR) is 142 cm³/mol. The summed E-state index contributed by atoms with van der Waals surface area (Å²) in [6.07, 6.45) is 1.57. The molecule has 0 radical (unpaired) electrons. The Morgan fingerprint density at radius 2 is 1.73 bits per heavy atom. The molecule has 10 heteroatoms. The first-order valence-electron chi connectivity index (χ1n) is 11.4. The number of halogens is 1. The number of thioether (sulfide) groups is 1. The van der Waals surface area contributed by atoms with Gasteiger partial charge in [-0.3, -0.25) is 0 Å². The van der Waals surface area contributed by atoms with E-state index in [2.05, 4.69) is 27.4 Å². The Balaban J connectivity index is 1.68. The maximum atomic E-state index is 10.1. The van der Waals surface area contributed by atoms with E-state index >= 15 is 0 Å². The van der Waals surface area contributed by atoms with Gasteiger partial charge in [0.15, 0.2) is 0 Å². The van der Waals surface area contributed by atoms with E-state index in [0.717, 1.165) is 5.56 Å². The largest absolute Gasteiger partial charge is 0.491 e. The van der Waals surface area contributed by atoms with Gasteiger partial charge in [0.1, 0.15) is 47.2 Å². The average Bonchev–Trinajstić information content (AvgIpc) is 3.40. The summed E-state index contributed by atoms with van der Waals surface area (Å²) in [5.41, 5.74) is 3.25. The second kappa shape index (κ2) is 12.3. The van der Waals surface area contributed by atoms with E-state index in [1.807, 2.05) is 19.1 Å². The summed E-state index contributed by atoms with van der Waals surface area (Å²) in [5.74, 6) is 1.86. The van der Waals surface area contributed by atoms with Crippen molar-refractivity contribution in [2.75, 3.05) is 25.1 Å². The van der Waals surface area contributed by atoms with Gasteiger partial charge in [0.05, 0.1) is 17.9 Å². The van der Waals surface area contributed by atoms with Gasteiger partial charge in [-0.2, -0.15) is 10.5 Å². The van der Waals surface area contributed by atoms with Gasteiger partial charge in [0, 0.05) is 28.4 Å². The first-order chi connectivity index (χ1) is 18.1. The first kappa shape index (κ1) is 26.1. The molecule has 0 aliphatic heterocycles. The van der Waals surface area contributed by atoms with Gasteiger partial charge >= 0.3 is 0 Å². The molecule has 0 aliphatic carbocycles. The summed E-state index contributed by atoms with van der Waals surface area (Å²) < 4.78 is 11.1. The molecule has 4 aromatic rings. The Bertz CT molecular complexity index is 1460. The van der Waals surface area contributed by atoms with Crippen molar-refractivity contribution in [1.82, 2.24) is 9.97 Å². The lowest BCUT2D eigenvalue weighted by Gasteiger charge is -2.15. The molecule has 0 fully saturated rings. The van der Waals surface area contributed by atoms with Crippen LogP contribution in [0, 0.1) is 22.7 Å². The molecule has 37 heavy (non-hydrogen) atoms. The summed E-state index contributed by atoms with van der Waals surface area (Å²) in [5, 5.41) is 33.3. The van der Waals surface area contributed by atoms with Gasteiger partial charge < -0.3 is 19.6 Å². The minimum Gasteiger partial charge on any atom is -0.491 e. The van der Waals surface area contributed by atoms with Crippen molar-refractivity contribution in [3.8, 4) is 40.5 Å². The van der Waals surface area contributed by atoms with E-state index < -0.39 is 0 Å². The van der Waals surface area contributed by atoms with Crippen molar-refractivity contribution >= 4 is 29.2 Å². The number of aliphatic hydroxyl groups excluding tert-OH is 1. The van der Waals surface area contributed by atoms with Crippen LogP contribution in [0.5, 0.6) is 5.75 Å². The van der Waals surface area contributed by atoms with Gasteiger partial charge in [0.2, 0.25) is 5.89 Å². The van der Waals surface area contributed by atoms with Crippen molar-refractivity contribution in [1.29, 1.82) is 10.5 Å². The Kier molecular flexibility index (Phi) is 8.65. The number of hydrogen-bond donors (Lipinski definition) is 2. The highest BCUT2D eigenvalue weighted by Crippen LogP contribution is 2.38. The van der Waals surface area contributed by atoms with Crippen molar-refractivity contribution in [2.24, 2.45) is 0 Å². The molecular formula is C27H22ClN5O3S. The molecule has 2 aromatic carbocycles. The lowest BCUT2D eigenvalue weighted by Crippen LogP contribution is -2.07. The number of hydrogen-bond acceptors (Lipinski definition) is 9. The molecular weight excluding hydrogens is 510 g/mol. The standard InChI is InChI=1S/C27H22ClN5O3S/c1-2-31-25-22(13-29)24(17-5-9-21(10-6-17)35-12-11-34)23(14-30)27(33-25)37-16-20-15-36-26(32-20)18-3-7-19(28)8-4-18/h3-10,15,34H,2,11-12,16H2,1H3,(H,31,33). The van der Waals surface area contributed by atoms with Gasteiger partial charge in [-0.1, -0.05) is 35.5 Å². The van der Waals surface area contributed by atoms with Gasteiger partial charge in [-0.25, -0.2) is 9.97 Å². The third-order valence-corrected chi connectivity index (χ3v) is 6.50. The molecule has 0 amide bonds. The number of nitrogens with one attached hydrogen (secondary N) is 1. The molecule has 0 bridgehead atoms. The molecule has 4 rings (SSSR count). The zero-order valence-corrected chi connectivity index (χ0v) is 21.4. The van der Waals surface area contributed by atoms with Crippen molar-refractivity contribution < 1.29 is 14.3 Å². The molecule has 2 heterocycles. The fourth-order valence-electron chi connectivity index (χ4n) is 3.59. The van der Waals surface area contributed by atoms with Crippen LogP contribution in [0.3, 0.4) is 0 Å². The van der Waals surface area contributed by atoms with Crippen LogP contribution in [0.1, 0.15) is 23.7 Å². The Morgan fingerprint density at radius 1 is 1.03 bits per heavy atom. The predicted octanol–water partition coefficient (Wildman–Crippen LogP) is 5.90. The SMILES string of the molecule is CCNc1nc(SCc2coc(-c3ccc(Cl)cc3)n2)c(C#N)c(-c2ccc(OCCO)cc2)c1C#N. The van der Waals surface area contributed by atoms with Crippen LogP contribution in [0.2, 0.25) is 5.02 Å². The number of nitrogens with zero attached hydrogens (tertiary/aromatic N) is 4. The van der Waals surface area contributed by atoms with Crippen LogP contribution in [0.15, 0.2) is 64.2 Å². The highest BCUT2D eigenvalue weighted by Gasteiger charge is 2.22. The smallest absolute Gasteiger partial charge is 0.226 e. The van der Waals surface area contributed by atoms with Crippen LogP contribution < -0.4 is 10.1 Å². The van der Waals surface area contributed by atoms with Crippen LogP contribution in [0.25, 0.3) is 22.6 Å². The van der Waals surface area contributed by atoms with E-state index in [-0.39, 0.29) is 13.2 Å². The number of aromatic nitrogens is 2. The van der Waals surface area contributed by atoms with Crippen molar-refractivity contribution in [3.05, 3.63) is 76.6 Å². The molecule has 0 saturated heterocycles. The third-order valence-electron chi connectivity index (χ3n) is 5.23. The van der Waals surface area contributed by atoms with E-state index in [0.29, 0.717) is 67.8 Å². The lowest BCUT2D eigenvalue weighted by atomic mass is 9.96. The average molecular weight is 532 g/mol. The second-order valence-electron chi connectivity index (χ2n) is 7.68. The number of benzene rings is 2. The minimum absolute atomic E-state index is 0.0946. The topological polar surface area (TPSA) is 128 Å². The maximum absolute atomic E-state index is 10.1. The summed E-state index contributed by atoms with van der Waals surface area (Å²) in [6, 6.07) is 18.7. The summed E-state index contributed by atoms with van der Waals surface area (Å²) in [7, 11) is 0. The fraction of sp³-hybridized carbons (Fsp3) is 0.185. The molecule has 2 aromatic heterocycles. The van der Waals surface area contributed by atoms with E-state index in [1.165, 1.54) is 11.8 Å². The van der Waals surface area contributed by atoms with Gasteiger partial charge in [-0.05, 0) is 48.9 Å². The quantitative estimate of drug-likeness (QED) is 0.240. The molecule has 0 spiro atoms. The monoisotopic (exact) mass is 531 g/mol. The van der Waals surface area contributed by atoms with E-state index in [1.54, 1.807) is 42.7 Å². The molecule has 0 saturated carbocycles. The molecule has 8 nitrogen and oxygen atoms in total. The Labute approximate surface area is 223 Å². The van der Waals surface area contributed by atoms with Crippen molar-refractivity contribution in [2.45, 2.75) is 17.7 Å². The normalized spacial score (nSPS) is 10.5. The minimum atomic E-state index is -0.0946. The number of pyridine rings is 1. The van der Waals surface area contributed by atoms with Crippen molar-refractivity contribution in [3.63, 3.8) is 0 Å². The van der Waals surface area contributed by atoms with Crippen LogP contribution in [-0.2, 0) is 5.75 Å². The number of anilines is 1. The van der Waals surface area contributed by atoms with Crippen LogP contribution in [0.4, 0.5) is 5.82 Å². The maximum Gasteiger partial charge on any atom is 0.226 e. The highest BCUT2D eigenvalue weighted by atomic mass is 35.5. The zero-order chi connectivity index (χ0) is 26.2. The number of ether oxygens (including phenoxy) is 1. The molecule has 0 unspecified atom stereocenters. The summed E-state index contributed by atoms with van der Waals surface area (Å²) >= 11 is 7.30. The highest BCUT2D eigenvalue weighted by molar-refractivity contribution is 7.98. The zero-order valence-electron chi connectivity index (χ0n) is 19.9. The Hall–Kier alpha value is -4.02. The summed E-state index contributed by atoms with van der Waals surface area (Å²) in [6.45, 7) is 2.55. The third kappa shape index (κ3) is 6.04.